The van der Waals surface area contributed by atoms with E-state index >= 15 is 4.57 Å². The van der Waals surface area contributed by atoms with E-state index in [0.717, 1.165) is 98.6 Å². The van der Waals surface area contributed by atoms with Crippen molar-refractivity contribution in [2.75, 3.05) is 0 Å². The van der Waals surface area contributed by atoms with Gasteiger partial charge in [-0.15, -0.1) is 0 Å². The Morgan fingerprint density at radius 1 is 0.393 bits per heavy atom. The van der Waals surface area contributed by atoms with Gasteiger partial charge >= 0.3 is 0 Å². The summed E-state index contributed by atoms with van der Waals surface area (Å²) >= 11 is 0. The molecular weight excluding hydrogens is 704 g/mol. The first-order valence-corrected chi connectivity index (χ1v) is 20.4. The molecule has 6 heteroatoms. The van der Waals surface area contributed by atoms with Crippen molar-refractivity contribution < 1.29 is 4.57 Å². The second-order valence-electron chi connectivity index (χ2n) is 14.2. The van der Waals surface area contributed by atoms with Crippen LogP contribution in [0.5, 0.6) is 0 Å². The van der Waals surface area contributed by atoms with Gasteiger partial charge in [0.2, 0.25) is 0 Å². The molecule has 0 atom stereocenters. The van der Waals surface area contributed by atoms with E-state index in [-0.39, 0.29) is 0 Å². The zero-order valence-corrected chi connectivity index (χ0v) is 31.8. The van der Waals surface area contributed by atoms with Gasteiger partial charge in [-0.1, -0.05) is 109 Å². The van der Waals surface area contributed by atoms with Gasteiger partial charge in [0.25, 0.3) is 0 Å². The molecule has 4 heterocycles. The molecule has 0 unspecified atom stereocenters. The van der Waals surface area contributed by atoms with Crippen molar-refractivity contribution in [2.24, 2.45) is 0 Å². The van der Waals surface area contributed by atoms with Gasteiger partial charge in [-0.2, -0.15) is 0 Å². The maximum Gasteiger partial charge on any atom is 0.171 e. The highest BCUT2D eigenvalue weighted by molar-refractivity contribution is 7.85. The van der Waals surface area contributed by atoms with Crippen molar-refractivity contribution in [3.05, 3.63) is 188 Å². The Morgan fingerprint density at radius 2 is 0.875 bits per heavy atom. The summed E-state index contributed by atoms with van der Waals surface area (Å²) in [5.74, 6) is 0. The lowest BCUT2D eigenvalue weighted by molar-refractivity contribution is 0.592. The normalized spacial score (nSPS) is 11.8. The van der Waals surface area contributed by atoms with Crippen LogP contribution >= 0.6 is 7.14 Å². The SMILES string of the molecule is Cc1c2c(-c3ccncc3)nc3cc(-c4cccc(P(=O)(c5ccccc5)c5ccccc5)c4)ccc3c2c(C)c2c(-c3ccncc3)nc3ccccc3c12. The number of benzene rings is 6. The van der Waals surface area contributed by atoms with Crippen LogP contribution in [0.3, 0.4) is 0 Å². The number of rotatable bonds is 6. The van der Waals surface area contributed by atoms with Crippen LogP contribution < -0.4 is 15.9 Å². The van der Waals surface area contributed by atoms with Crippen molar-refractivity contribution in [3.8, 4) is 33.6 Å². The maximum absolute atomic E-state index is 15.3. The minimum absolute atomic E-state index is 0.790. The summed E-state index contributed by atoms with van der Waals surface area (Å²) < 4.78 is 15.3. The molecule has 0 saturated carbocycles. The van der Waals surface area contributed by atoms with Crippen molar-refractivity contribution in [1.29, 1.82) is 0 Å². The number of hydrogen-bond donors (Lipinski definition) is 0. The number of nitrogens with zero attached hydrogens (tertiary/aromatic N) is 4. The van der Waals surface area contributed by atoms with E-state index in [9.17, 15) is 0 Å². The average Bonchev–Trinajstić information content (AvgIpc) is 3.27. The summed E-state index contributed by atoms with van der Waals surface area (Å²) in [6.45, 7) is 4.45. The molecule has 10 aromatic rings. The van der Waals surface area contributed by atoms with Crippen LogP contribution in [0.4, 0.5) is 0 Å². The second-order valence-corrected chi connectivity index (χ2v) is 17.0. The summed E-state index contributed by atoms with van der Waals surface area (Å²) in [6, 6.07) is 51.0. The molecule has 0 spiro atoms. The highest BCUT2D eigenvalue weighted by Crippen LogP contribution is 2.46. The van der Waals surface area contributed by atoms with E-state index in [2.05, 4.69) is 72.3 Å². The first-order chi connectivity index (χ1) is 27.5. The molecule has 6 aromatic carbocycles. The number of pyridine rings is 4. The van der Waals surface area contributed by atoms with E-state index in [1.165, 1.54) is 5.39 Å². The van der Waals surface area contributed by atoms with Gasteiger partial charge in [0.15, 0.2) is 7.14 Å². The summed E-state index contributed by atoms with van der Waals surface area (Å²) in [7, 11) is -3.17. The number of hydrogen-bond acceptors (Lipinski definition) is 5. The van der Waals surface area contributed by atoms with Gasteiger partial charge < -0.3 is 4.57 Å². The van der Waals surface area contributed by atoms with Gasteiger partial charge in [0, 0.05) is 73.4 Å². The fraction of sp³-hybridized carbons (Fsp3) is 0.0400. The molecule has 0 N–H and O–H groups in total. The lowest BCUT2D eigenvalue weighted by atomic mass is 9.86. The number of aryl methyl sites for hydroxylation is 2. The minimum atomic E-state index is -3.17. The molecule has 10 rings (SSSR count). The topological polar surface area (TPSA) is 68.6 Å². The average molecular weight is 739 g/mol. The van der Waals surface area contributed by atoms with Crippen molar-refractivity contribution in [1.82, 2.24) is 19.9 Å². The van der Waals surface area contributed by atoms with E-state index in [0.29, 0.717) is 0 Å². The minimum Gasteiger partial charge on any atom is -0.309 e. The third kappa shape index (κ3) is 5.35. The second kappa shape index (κ2) is 13.5. The van der Waals surface area contributed by atoms with E-state index < -0.39 is 7.14 Å². The molecule has 4 aromatic heterocycles. The molecule has 266 valence electrons. The lowest BCUT2D eigenvalue weighted by Gasteiger charge is -2.21. The van der Waals surface area contributed by atoms with Gasteiger partial charge in [0.1, 0.15) is 0 Å². The molecule has 56 heavy (non-hydrogen) atoms. The fourth-order valence-corrected chi connectivity index (χ4v) is 11.2. The molecule has 0 radical (unpaired) electrons. The van der Waals surface area contributed by atoms with Crippen molar-refractivity contribution >= 4 is 66.4 Å². The van der Waals surface area contributed by atoms with Crippen LogP contribution in [-0.2, 0) is 4.57 Å². The van der Waals surface area contributed by atoms with Crippen LogP contribution in [0.1, 0.15) is 11.1 Å². The zero-order valence-electron chi connectivity index (χ0n) is 30.9. The number of para-hydroxylation sites is 1. The lowest BCUT2D eigenvalue weighted by Crippen LogP contribution is -2.25. The summed E-state index contributed by atoms with van der Waals surface area (Å²) in [6.07, 6.45) is 7.32. The van der Waals surface area contributed by atoms with E-state index in [1.54, 1.807) is 0 Å². The summed E-state index contributed by atoms with van der Waals surface area (Å²) in [5, 5.41) is 9.16. The Hall–Kier alpha value is -6.81. The maximum atomic E-state index is 15.3. The Balaban J connectivity index is 1.26. The Morgan fingerprint density at radius 3 is 1.46 bits per heavy atom. The van der Waals surface area contributed by atoms with Crippen molar-refractivity contribution in [2.45, 2.75) is 13.8 Å². The first kappa shape index (κ1) is 33.7. The molecule has 5 nitrogen and oxygen atoms in total. The monoisotopic (exact) mass is 738 g/mol. The molecule has 0 amide bonds. The molecule has 0 saturated heterocycles. The molecule has 0 aliphatic heterocycles. The molecule has 0 fully saturated rings. The smallest absolute Gasteiger partial charge is 0.171 e. The molecule has 0 aliphatic rings. The van der Waals surface area contributed by atoms with Gasteiger partial charge in [-0.05, 0) is 89.3 Å². The highest BCUT2D eigenvalue weighted by atomic mass is 31.2. The highest BCUT2D eigenvalue weighted by Gasteiger charge is 2.30. The van der Waals surface area contributed by atoms with Gasteiger partial charge in [0.05, 0.1) is 22.4 Å². The molecule has 0 bridgehead atoms. The van der Waals surface area contributed by atoms with Crippen LogP contribution in [-0.4, -0.2) is 19.9 Å². The van der Waals surface area contributed by atoms with Gasteiger partial charge in [-0.25, -0.2) is 9.97 Å². The Bertz CT molecular complexity index is 3130. The third-order valence-electron chi connectivity index (χ3n) is 11.1. The van der Waals surface area contributed by atoms with Gasteiger partial charge in [-0.3, -0.25) is 9.97 Å². The number of fused-ring (bicyclic) bond motifs is 6. The predicted molar refractivity (Wildman–Crippen MR) is 233 cm³/mol. The number of aromatic nitrogens is 4. The third-order valence-corrected chi connectivity index (χ3v) is 14.1. The zero-order chi connectivity index (χ0) is 37.8. The quantitative estimate of drug-likeness (QED) is 0.0965. The fourth-order valence-electron chi connectivity index (χ4n) is 8.46. The van der Waals surface area contributed by atoms with Crippen LogP contribution in [0.15, 0.2) is 176 Å². The standard InChI is InChI=1S/C50H35N4OP/c1-32-45-41-18-9-10-19-43(41)53-49(34-22-26-51-27-23-34)47(45)33(2)46-42-21-20-37(31-44(42)54-50(48(32)46)35-24-28-52-29-25-35)36-12-11-17-40(30-36)56(55,38-13-5-3-6-14-38)39-15-7-4-8-16-39/h3-31H,1-2H3. The van der Waals surface area contributed by atoms with Crippen LogP contribution in [0.2, 0.25) is 0 Å². The summed E-state index contributed by atoms with van der Waals surface area (Å²) in [4.78, 5) is 19.4. The van der Waals surface area contributed by atoms with E-state index in [4.69, 9.17) is 9.97 Å². The largest absolute Gasteiger partial charge is 0.309 e. The van der Waals surface area contributed by atoms with Crippen LogP contribution in [0, 0.1) is 13.8 Å². The Labute approximate surface area is 324 Å². The Kier molecular flexibility index (Phi) is 8.13. The molecular formula is C50H35N4OP. The molecule has 0 aliphatic carbocycles. The summed E-state index contributed by atoms with van der Waals surface area (Å²) in [5.41, 5.74) is 9.98. The predicted octanol–water partition coefficient (Wildman–Crippen LogP) is 11.1. The van der Waals surface area contributed by atoms with E-state index in [1.807, 2.05) is 128 Å². The first-order valence-electron chi connectivity index (χ1n) is 18.7. The van der Waals surface area contributed by atoms with Crippen molar-refractivity contribution in [3.63, 3.8) is 0 Å². The van der Waals surface area contributed by atoms with Crippen LogP contribution in [0.25, 0.3) is 77.0 Å².